The van der Waals surface area contributed by atoms with Crippen molar-refractivity contribution in [3.05, 3.63) is 102 Å². The SMILES string of the molecule is NCc1ncccc1CNC(=O)c1ccc(-c2cnn(NCCc3cccc(F)c3)c2)nc1. The number of amides is 1. The van der Waals surface area contributed by atoms with E-state index in [0.717, 1.165) is 22.4 Å². The van der Waals surface area contributed by atoms with Gasteiger partial charge in [-0.25, -0.2) is 4.39 Å². The first kappa shape index (κ1) is 22.1. The van der Waals surface area contributed by atoms with Gasteiger partial charge >= 0.3 is 0 Å². The van der Waals surface area contributed by atoms with E-state index in [4.69, 9.17) is 5.73 Å². The Hall–Kier alpha value is -4.11. The highest BCUT2D eigenvalue weighted by atomic mass is 19.1. The topological polar surface area (TPSA) is 111 Å². The Morgan fingerprint density at radius 2 is 2.00 bits per heavy atom. The summed E-state index contributed by atoms with van der Waals surface area (Å²) in [5.41, 5.74) is 13.4. The summed E-state index contributed by atoms with van der Waals surface area (Å²) >= 11 is 0. The van der Waals surface area contributed by atoms with Gasteiger partial charge in [0.05, 0.1) is 29.3 Å². The Labute approximate surface area is 190 Å². The maximum atomic E-state index is 13.3. The number of aromatic nitrogens is 4. The van der Waals surface area contributed by atoms with Crippen LogP contribution in [0.3, 0.4) is 0 Å². The monoisotopic (exact) mass is 445 g/mol. The third-order valence-electron chi connectivity index (χ3n) is 5.10. The van der Waals surface area contributed by atoms with Crippen molar-refractivity contribution in [1.82, 2.24) is 25.2 Å². The van der Waals surface area contributed by atoms with Gasteiger partial charge in [0.2, 0.25) is 0 Å². The first-order valence-corrected chi connectivity index (χ1v) is 10.5. The molecule has 33 heavy (non-hydrogen) atoms. The average Bonchev–Trinajstić information content (AvgIpc) is 3.32. The third kappa shape index (κ3) is 5.78. The minimum absolute atomic E-state index is 0.226. The molecular formula is C24H24FN7O. The fourth-order valence-corrected chi connectivity index (χ4v) is 3.34. The van der Waals surface area contributed by atoms with Crippen LogP contribution >= 0.6 is 0 Å². The Morgan fingerprint density at radius 1 is 1.09 bits per heavy atom. The molecule has 0 saturated carbocycles. The molecule has 0 aliphatic carbocycles. The first-order valence-electron chi connectivity index (χ1n) is 10.5. The molecule has 0 atom stereocenters. The van der Waals surface area contributed by atoms with Crippen LogP contribution in [-0.2, 0) is 19.5 Å². The van der Waals surface area contributed by atoms with Crippen molar-refractivity contribution in [1.29, 1.82) is 0 Å². The smallest absolute Gasteiger partial charge is 0.253 e. The summed E-state index contributed by atoms with van der Waals surface area (Å²) in [5.74, 6) is -0.468. The molecule has 0 spiro atoms. The molecule has 4 aromatic rings. The Balaban J connectivity index is 1.31. The molecule has 0 bridgehead atoms. The number of carbonyl (C=O) groups excluding carboxylic acids is 1. The van der Waals surface area contributed by atoms with Gasteiger partial charge in [0, 0.05) is 37.6 Å². The zero-order valence-corrected chi connectivity index (χ0v) is 17.9. The molecule has 4 rings (SSSR count). The summed E-state index contributed by atoms with van der Waals surface area (Å²) in [7, 11) is 0. The summed E-state index contributed by atoms with van der Waals surface area (Å²) in [6.07, 6.45) is 7.38. The van der Waals surface area contributed by atoms with Crippen LogP contribution in [-0.4, -0.2) is 32.3 Å². The van der Waals surface area contributed by atoms with Gasteiger partial charge in [-0.05, 0) is 47.9 Å². The Morgan fingerprint density at radius 3 is 2.79 bits per heavy atom. The van der Waals surface area contributed by atoms with Crippen molar-refractivity contribution in [2.24, 2.45) is 5.73 Å². The zero-order chi connectivity index (χ0) is 23.0. The van der Waals surface area contributed by atoms with Crippen LogP contribution in [0, 0.1) is 5.82 Å². The van der Waals surface area contributed by atoms with Crippen molar-refractivity contribution in [3.8, 4) is 11.3 Å². The molecular weight excluding hydrogens is 421 g/mol. The average molecular weight is 446 g/mol. The Bertz CT molecular complexity index is 1220. The summed E-state index contributed by atoms with van der Waals surface area (Å²) < 4.78 is 13.3. The zero-order valence-electron chi connectivity index (χ0n) is 17.9. The predicted octanol–water partition coefficient (Wildman–Crippen LogP) is 2.65. The number of rotatable bonds is 9. The van der Waals surface area contributed by atoms with Crippen LogP contribution in [0.4, 0.5) is 4.39 Å². The number of halogens is 1. The highest BCUT2D eigenvalue weighted by Crippen LogP contribution is 2.16. The minimum atomic E-state index is -0.241. The lowest BCUT2D eigenvalue weighted by atomic mass is 10.1. The van der Waals surface area contributed by atoms with E-state index in [9.17, 15) is 9.18 Å². The number of hydrogen-bond donors (Lipinski definition) is 3. The summed E-state index contributed by atoms with van der Waals surface area (Å²) in [5, 5.41) is 7.14. The van der Waals surface area contributed by atoms with Crippen LogP contribution in [0.2, 0.25) is 0 Å². The maximum Gasteiger partial charge on any atom is 0.253 e. The van der Waals surface area contributed by atoms with Gasteiger partial charge in [-0.2, -0.15) is 9.89 Å². The lowest BCUT2D eigenvalue weighted by Gasteiger charge is -2.08. The summed E-state index contributed by atoms with van der Waals surface area (Å²) in [6.45, 7) is 1.25. The molecule has 3 aromatic heterocycles. The van der Waals surface area contributed by atoms with Gasteiger partial charge in [-0.1, -0.05) is 18.2 Å². The summed E-state index contributed by atoms with van der Waals surface area (Å²) in [4.78, 5) is 22.7. The van der Waals surface area contributed by atoms with Crippen molar-refractivity contribution in [2.45, 2.75) is 19.5 Å². The molecule has 9 heteroatoms. The van der Waals surface area contributed by atoms with Crippen LogP contribution in [0.1, 0.15) is 27.2 Å². The molecule has 0 saturated heterocycles. The van der Waals surface area contributed by atoms with E-state index in [1.165, 1.54) is 18.3 Å². The molecule has 1 amide bonds. The number of carbonyl (C=O) groups is 1. The fraction of sp³-hybridized carbons (Fsp3) is 0.167. The van der Waals surface area contributed by atoms with Gasteiger partial charge in [0.25, 0.3) is 5.91 Å². The van der Waals surface area contributed by atoms with E-state index in [0.29, 0.717) is 37.3 Å². The molecule has 168 valence electrons. The number of nitrogens with one attached hydrogen (secondary N) is 2. The van der Waals surface area contributed by atoms with E-state index in [1.54, 1.807) is 35.4 Å². The van der Waals surface area contributed by atoms with E-state index in [1.807, 2.05) is 24.4 Å². The van der Waals surface area contributed by atoms with Gasteiger partial charge < -0.3 is 16.5 Å². The number of pyridine rings is 2. The second kappa shape index (κ2) is 10.5. The molecule has 8 nitrogen and oxygen atoms in total. The number of nitrogens with two attached hydrogens (primary N) is 1. The normalized spacial score (nSPS) is 10.7. The van der Waals surface area contributed by atoms with Crippen molar-refractivity contribution in [3.63, 3.8) is 0 Å². The second-order valence-corrected chi connectivity index (χ2v) is 7.39. The van der Waals surface area contributed by atoms with Crippen molar-refractivity contribution < 1.29 is 9.18 Å². The van der Waals surface area contributed by atoms with Crippen LogP contribution in [0.15, 0.2) is 73.3 Å². The number of nitrogens with zero attached hydrogens (tertiary/aromatic N) is 4. The van der Waals surface area contributed by atoms with Crippen LogP contribution < -0.4 is 16.5 Å². The van der Waals surface area contributed by atoms with Gasteiger partial charge in [0.1, 0.15) is 5.82 Å². The second-order valence-electron chi connectivity index (χ2n) is 7.39. The van der Waals surface area contributed by atoms with Crippen LogP contribution in [0.5, 0.6) is 0 Å². The molecule has 0 radical (unpaired) electrons. The molecule has 1 aromatic carbocycles. The number of hydrogen-bond acceptors (Lipinski definition) is 6. The van der Waals surface area contributed by atoms with Crippen molar-refractivity contribution >= 4 is 5.91 Å². The Kier molecular flexibility index (Phi) is 7.01. The standard InChI is InChI=1S/C24H24FN7O/c25-21-5-1-3-17(11-21)8-10-30-32-16-20(15-31-32)22-7-6-19(14-28-22)24(33)29-13-18-4-2-9-27-23(18)12-26/h1-7,9,11,14-16,30H,8,10,12-13,26H2,(H,29,33). The first-order chi connectivity index (χ1) is 16.1. The lowest BCUT2D eigenvalue weighted by molar-refractivity contribution is 0.0950. The molecule has 3 heterocycles. The van der Waals surface area contributed by atoms with Gasteiger partial charge in [-0.15, -0.1) is 0 Å². The molecule has 0 aliphatic heterocycles. The van der Waals surface area contributed by atoms with Crippen molar-refractivity contribution in [2.75, 3.05) is 12.0 Å². The van der Waals surface area contributed by atoms with E-state index < -0.39 is 0 Å². The molecule has 0 fully saturated rings. The fourth-order valence-electron chi connectivity index (χ4n) is 3.34. The van der Waals surface area contributed by atoms with E-state index in [-0.39, 0.29) is 11.7 Å². The quantitative estimate of drug-likeness (QED) is 0.365. The number of benzene rings is 1. The molecule has 4 N–H and O–H groups in total. The van der Waals surface area contributed by atoms with Gasteiger partial charge in [0.15, 0.2) is 0 Å². The van der Waals surface area contributed by atoms with Crippen LogP contribution in [0.25, 0.3) is 11.3 Å². The summed E-state index contributed by atoms with van der Waals surface area (Å²) in [6, 6.07) is 13.7. The molecule has 0 aliphatic rings. The van der Waals surface area contributed by atoms with E-state index >= 15 is 0 Å². The lowest BCUT2D eigenvalue weighted by Crippen LogP contribution is -2.24. The highest BCUT2D eigenvalue weighted by Gasteiger charge is 2.10. The minimum Gasteiger partial charge on any atom is -0.348 e. The largest absolute Gasteiger partial charge is 0.348 e. The molecule has 0 unspecified atom stereocenters. The third-order valence-corrected chi connectivity index (χ3v) is 5.10. The predicted molar refractivity (Wildman–Crippen MR) is 123 cm³/mol. The van der Waals surface area contributed by atoms with Gasteiger partial charge in [-0.3, -0.25) is 14.8 Å². The highest BCUT2D eigenvalue weighted by molar-refractivity contribution is 5.94. The van der Waals surface area contributed by atoms with E-state index in [2.05, 4.69) is 25.8 Å². The maximum absolute atomic E-state index is 13.3.